The first-order chi connectivity index (χ1) is 32.0. The summed E-state index contributed by atoms with van der Waals surface area (Å²) in [5.41, 5.74) is 4.91. The van der Waals surface area contributed by atoms with Crippen molar-refractivity contribution in [3.8, 4) is 5.75 Å². The van der Waals surface area contributed by atoms with Gasteiger partial charge in [-0.1, -0.05) is 110 Å². The molecule has 6 atom stereocenters. The van der Waals surface area contributed by atoms with Crippen molar-refractivity contribution in [2.24, 2.45) is 0 Å². The molecule has 12 heteroatoms. The first kappa shape index (κ1) is 46.4. The van der Waals surface area contributed by atoms with E-state index >= 15 is 0 Å². The number of benzene rings is 6. The lowest BCUT2D eigenvalue weighted by Gasteiger charge is -2.45. The van der Waals surface area contributed by atoms with Gasteiger partial charge < -0.3 is 33.2 Å². The highest BCUT2D eigenvalue weighted by molar-refractivity contribution is 5.91. The average molecular weight is 891 g/mol. The number of ether oxygens (including phenoxy) is 7. The minimum absolute atomic E-state index is 0.0835. The SMILES string of the molecule is CCc1ccc(Cc2c(C)cc(COC(C)=O)cc2O[C@@H]2O[C@H]([C@@H](C)OC(=O)c3ccccc3)[C@@H](OC(=O)c3ccccc3)[C@H](OC(=O)c3ccccc3)[C@H]2OC(=O)c2ccccc2)cc1. The van der Waals surface area contributed by atoms with Crippen molar-refractivity contribution in [2.75, 3.05) is 0 Å². The molecule has 6 aromatic carbocycles. The highest BCUT2D eigenvalue weighted by Gasteiger charge is 2.56. The number of aryl methyl sites for hydroxylation is 2. The van der Waals surface area contributed by atoms with Crippen LogP contribution in [0.4, 0.5) is 0 Å². The van der Waals surface area contributed by atoms with Gasteiger partial charge >= 0.3 is 29.8 Å². The van der Waals surface area contributed by atoms with Crippen LogP contribution in [0.5, 0.6) is 5.75 Å². The van der Waals surface area contributed by atoms with Crippen LogP contribution in [-0.2, 0) is 52.7 Å². The lowest BCUT2D eigenvalue weighted by atomic mass is 9.94. The first-order valence-electron chi connectivity index (χ1n) is 21.7. The Balaban J connectivity index is 1.38. The quantitative estimate of drug-likeness (QED) is 0.0673. The summed E-state index contributed by atoms with van der Waals surface area (Å²) in [5, 5.41) is 0. The summed E-state index contributed by atoms with van der Waals surface area (Å²) in [6.07, 6.45) is -7.86. The highest BCUT2D eigenvalue weighted by Crippen LogP contribution is 2.37. The molecule has 1 aliphatic heterocycles. The summed E-state index contributed by atoms with van der Waals surface area (Å²) in [5.74, 6) is -3.43. The van der Waals surface area contributed by atoms with Crippen molar-refractivity contribution in [1.82, 2.24) is 0 Å². The molecule has 1 heterocycles. The first-order valence-corrected chi connectivity index (χ1v) is 21.7. The van der Waals surface area contributed by atoms with Gasteiger partial charge in [-0.25, -0.2) is 19.2 Å². The van der Waals surface area contributed by atoms with Gasteiger partial charge in [-0.3, -0.25) is 4.79 Å². The minimum Gasteiger partial charge on any atom is -0.461 e. The van der Waals surface area contributed by atoms with E-state index in [1.54, 1.807) is 134 Å². The molecule has 1 fully saturated rings. The predicted octanol–water partition coefficient (Wildman–Crippen LogP) is 9.24. The maximum atomic E-state index is 14.2. The number of hydrogen-bond donors (Lipinski definition) is 0. The van der Waals surface area contributed by atoms with Crippen molar-refractivity contribution in [2.45, 2.75) is 84.0 Å². The predicted molar refractivity (Wildman–Crippen MR) is 243 cm³/mol. The average Bonchev–Trinajstić information content (AvgIpc) is 3.34. The Morgan fingerprint density at radius 2 is 1.02 bits per heavy atom. The van der Waals surface area contributed by atoms with E-state index in [0.717, 1.165) is 28.7 Å². The second-order valence-electron chi connectivity index (χ2n) is 15.8. The normalized spacial score (nSPS) is 18.2. The van der Waals surface area contributed by atoms with Crippen LogP contribution in [0.2, 0.25) is 0 Å². The van der Waals surface area contributed by atoms with Crippen molar-refractivity contribution in [1.29, 1.82) is 0 Å². The van der Waals surface area contributed by atoms with Crippen LogP contribution in [0.1, 0.15) is 90.0 Å². The van der Waals surface area contributed by atoms with Gasteiger partial charge in [-0.05, 0) is 97.1 Å². The van der Waals surface area contributed by atoms with Crippen LogP contribution >= 0.6 is 0 Å². The molecular weight excluding hydrogens is 841 g/mol. The van der Waals surface area contributed by atoms with Crippen LogP contribution in [0.25, 0.3) is 0 Å². The standard InChI is InChI=1S/C54H50O12/c1-5-37-26-28-38(29-27-37)31-44-34(2)30-39(33-60-36(4)55)32-45(44)62-54-49(65-53(59)43-24-16-9-17-25-43)48(64-52(58)42-22-14-8-15-23-42)47(63-51(57)41-20-12-7-13-21-41)46(66-54)35(3)61-50(56)40-18-10-6-11-19-40/h6-30,32,35,46-49,54H,5,31,33H2,1-4H3/t35-,46-,47-,48+,49-,54-/m1/s1. The number of hydrogen-bond acceptors (Lipinski definition) is 12. The monoisotopic (exact) mass is 890 g/mol. The van der Waals surface area contributed by atoms with Gasteiger partial charge in [0.25, 0.3) is 0 Å². The fourth-order valence-electron chi connectivity index (χ4n) is 7.56. The van der Waals surface area contributed by atoms with E-state index in [2.05, 4.69) is 19.1 Å². The molecule has 0 unspecified atom stereocenters. The third kappa shape index (κ3) is 11.8. The van der Waals surface area contributed by atoms with Crippen molar-refractivity contribution >= 4 is 29.8 Å². The van der Waals surface area contributed by atoms with Crippen molar-refractivity contribution < 1.29 is 57.1 Å². The van der Waals surface area contributed by atoms with Gasteiger partial charge in [0.15, 0.2) is 12.2 Å². The summed E-state index contributed by atoms with van der Waals surface area (Å²) in [6, 6.07) is 44.5. The third-order valence-electron chi connectivity index (χ3n) is 11.0. The van der Waals surface area contributed by atoms with E-state index in [4.69, 9.17) is 33.2 Å². The largest absolute Gasteiger partial charge is 0.461 e. The van der Waals surface area contributed by atoms with Gasteiger partial charge in [0.1, 0.15) is 24.6 Å². The second kappa shape index (κ2) is 21.9. The molecule has 12 nitrogen and oxygen atoms in total. The maximum Gasteiger partial charge on any atom is 0.338 e. The summed E-state index contributed by atoms with van der Waals surface area (Å²) >= 11 is 0. The van der Waals surface area contributed by atoms with E-state index in [-0.39, 0.29) is 34.6 Å². The van der Waals surface area contributed by atoms with Gasteiger partial charge in [0, 0.05) is 18.9 Å². The van der Waals surface area contributed by atoms with Crippen LogP contribution in [-0.4, -0.2) is 66.7 Å². The summed E-state index contributed by atoms with van der Waals surface area (Å²) in [4.78, 5) is 68.2. The fraction of sp³-hybridized carbons (Fsp3) is 0.241. The Bertz CT molecular complexity index is 2600. The number of carbonyl (C=O) groups is 5. The molecule has 0 aromatic heterocycles. The molecule has 0 N–H and O–H groups in total. The maximum absolute atomic E-state index is 14.2. The zero-order valence-electron chi connectivity index (χ0n) is 37.0. The van der Waals surface area contributed by atoms with Crippen LogP contribution in [0.3, 0.4) is 0 Å². The Hall–Kier alpha value is -7.57. The van der Waals surface area contributed by atoms with Crippen molar-refractivity contribution in [3.63, 3.8) is 0 Å². The molecule has 0 aliphatic carbocycles. The molecule has 0 amide bonds. The summed E-state index contributed by atoms with van der Waals surface area (Å²) in [6.45, 7) is 6.75. The molecule has 6 aromatic rings. The molecule has 0 bridgehead atoms. The lowest BCUT2D eigenvalue weighted by molar-refractivity contribution is -0.284. The Labute approximate surface area is 383 Å². The third-order valence-corrected chi connectivity index (χ3v) is 11.0. The number of rotatable bonds is 16. The Morgan fingerprint density at radius 1 is 0.561 bits per heavy atom. The van der Waals surface area contributed by atoms with Crippen molar-refractivity contribution in [3.05, 3.63) is 208 Å². The van der Waals surface area contributed by atoms with Gasteiger partial charge in [0.05, 0.1) is 22.3 Å². The molecule has 338 valence electrons. The van der Waals surface area contributed by atoms with E-state index in [9.17, 15) is 24.0 Å². The van der Waals surface area contributed by atoms with Crippen LogP contribution < -0.4 is 4.74 Å². The van der Waals surface area contributed by atoms with Crippen LogP contribution in [0, 0.1) is 6.92 Å². The lowest BCUT2D eigenvalue weighted by Crippen LogP contribution is -2.65. The van der Waals surface area contributed by atoms with E-state index in [1.807, 2.05) is 25.1 Å². The minimum atomic E-state index is -1.64. The Kier molecular flexibility index (Phi) is 15.4. The second-order valence-corrected chi connectivity index (χ2v) is 15.8. The molecule has 1 saturated heterocycles. The molecule has 0 spiro atoms. The molecule has 7 rings (SSSR count). The van der Waals surface area contributed by atoms with Gasteiger partial charge in [0.2, 0.25) is 12.4 Å². The smallest absolute Gasteiger partial charge is 0.338 e. The zero-order chi connectivity index (χ0) is 46.6. The van der Waals surface area contributed by atoms with E-state index in [0.29, 0.717) is 12.0 Å². The van der Waals surface area contributed by atoms with Gasteiger partial charge in [-0.2, -0.15) is 0 Å². The number of esters is 5. The fourth-order valence-corrected chi connectivity index (χ4v) is 7.56. The topological polar surface area (TPSA) is 150 Å². The number of carbonyl (C=O) groups excluding carboxylic acids is 5. The van der Waals surface area contributed by atoms with Gasteiger partial charge in [-0.15, -0.1) is 0 Å². The van der Waals surface area contributed by atoms with E-state index in [1.165, 1.54) is 6.92 Å². The molecule has 0 saturated carbocycles. The van der Waals surface area contributed by atoms with Crippen LogP contribution in [0.15, 0.2) is 158 Å². The zero-order valence-corrected chi connectivity index (χ0v) is 37.0. The summed E-state index contributed by atoms with van der Waals surface area (Å²) < 4.78 is 44.0. The van der Waals surface area contributed by atoms with E-state index < -0.39 is 66.7 Å². The molecule has 1 aliphatic rings. The highest BCUT2D eigenvalue weighted by atomic mass is 16.7. The molecule has 66 heavy (non-hydrogen) atoms. The Morgan fingerprint density at radius 3 is 1.50 bits per heavy atom. The molecular formula is C54H50O12. The molecule has 0 radical (unpaired) electrons. The summed E-state index contributed by atoms with van der Waals surface area (Å²) in [7, 11) is 0.